The highest BCUT2D eigenvalue weighted by Gasteiger charge is 2.40. The van der Waals surface area contributed by atoms with Gasteiger partial charge in [-0.25, -0.2) is 4.90 Å². The van der Waals surface area contributed by atoms with Crippen LogP contribution in [0.1, 0.15) is 10.4 Å². The van der Waals surface area contributed by atoms with Crippen LogP contribution in [-0.2, 0) is 9.59 Å². The second kappa shape index (κ2) is 10.1. The maximum absolute atomic E-state index is 13.2. The zero-order valence-corrected chi connectivity index (χ0v) is 21.7. The van der Waals surface area contributed by atoms with E-state index >= 15 is 0 Å². The van der Waals surface area contributed by atoms with Gasteiger partial charge in [0.15, 0.2) is 0 Å². The van der Waals surface area contributed by atoms with E-state index in [1.165, 1.54) is 12.1 Å². The van der Waals surface area contributed by atoms with Crippen molar-refractivity contribution >= 4 is 92.0 Å². The maximum atomic E-state index is 13.2. The predicted molar refractivity (Wildman–Crippen MR) is 149 cm³/mol. The molecule has 0 fully saturated rings. The summed E-state index contributed by atoms with van der Waals surface area (Å²) < 4.78 is 0. The molecular weight excluding hydrogens is 556 g/mol. The van der Waals surface area contributed by atoms with Crippen LogP contribution in [0.3, 0.4) is 0 Å². The number of nitrogens with zero attached hydrogens (tertiary/aromatic N) is 1. The lowest BCUT2D eigenvalue weighted by Crippen LogP contribution is -2.32. The fourth-order valence-electron chi connectivity index (χ4n) is 3.92. The first kappa shape index (κ1) is 25.1. The Hall–Kier alpha value is -3.55. The van der Waals surface area contributed by atoms with Gasteiger partial charge in [0.2, 0.25) is 0 Å². The number of halogens is 4. The first-order valence-corrected chi connectivity index (χ1v) is 12.3. The number of hydrogen-bond acceptors (Lipinski definition) is 4. The highest BCUT2D eigenvalue weighted by Crippen LogP contribution is 2.38. The highest BCUT2D eigenvalue weighted by molar-refractivity contribution is 6.54. The van der Waals surface area contributed by atoms with Gasteiger partial charge in [-0.1, -0.05) is 88.9 Å². The summed E-state index contributed by atoms with van der Waals surface area (Å²) in [6, 6.07) is 22.4. The molecule has 0 radical (unpaired) electrons. The Balaban J connectivity index is 1.39. The zero-order valence-electron chi connectivity index (χ0n) is 18.7. The Morgan fingerprint density at radius 1 is 0.730 bits per heavy atom. The quantitative estimate of drug-likeness (QED) is 0.192. The van der Waals surface area contributed by atoms with Gasteiger partial charge in [0.05, 0.1) is 20.8 Å². The van der Waals surface area contributed by atoms with Gasteiger partial charge >= 0.3 is 0 Å². The van der Waals surface area contributed by atoms with Crippen molar-refractivity contribution in [2.24, 2.45) is 0 Å². The summed E-state index contributed by atoms with van der Waals surface area (Å²) in [6.45, 7) is 0. The lowest BCUT2D eigenvalue weighted by atomic mass is 10.1. The molecule has 10 heteroatoms. The number of anilines is 3. The molecule has 0 aliphatic carbocycles. The van der Waals surface area contributed by atoms with Crippen LogP contribution in [0.2, 0.25) is 15.1 Å². The van der Waals surface area contributed by atoms with Gasteiger partial charge < -0.3 is 10.6 Å². The molecule has 0 spiro atoms. The van der Waals surface area contributed by atoms with Crippen molar-refractivity contribution in [2.45, 2.75) is 0 Å². The van der Waals surface area contributed by atoms with Crippen molar-refractivity contribution < 1.29 is 14.4 Å². The fraction of sp³-hybridized carbons (Fsp3) is 0. The molecule has 37 heavy (non-hydrogen) atoms. The summed E-state index contributed by atoms with van der Waals surface area (Å²) in [7, 11) is 0. The van der Waals surface area contributed by atoms with Crippen LogP contribution in [0.25, 0.3) is 10.8 Å². The van der Waals surface area contributed by atoms with Gasteiger partial charge in [0.25, 0.3) is 17.7 Å². The average Bonchev–Trinajstić information content (AvgIpc) is 3.09. The Morgan fingerprint density at radius 3 is 2.24 bits per heavy atom. The molecule has 6 nitrogen and oxygen atoms in total. The number of rotatable bonds is 5. The molecule has 0 bridgehead atoms. The summed E-state index contributed by atoms with van der Waals surface area (Å²) in [5.41, 5.74) is 1.25. The second-order valence-corrected chi connectivity index (χ2v) is 9.64. The molecule has 1 heterocycles. The summed E-state index contributed by atoms with van der Waals surface area (Å²) in [6.07, 6.45) is 0. The molecule has 3 amide bonds. The van der Waals surface area contributed by atoms with Gasteiger partial charge in [0, 0.05) is 22.3 Å². The minimum Gasteiger partial charge on any atom is -0.350 e. The van der Waals surface area contributed by atoms with Crippen LogP contribution in [0.15, 0.2) is 89.6 Å². The smallest absolute Gasteiger partial charge is 0.283 e. The van der Waals surface area contributed by atoms with E-state index in [-0.39, 0.29) is 37.4 Å². The molecule has 0 aromatic heterocycles. The van der Waals surface area contributed by atoms with E-state index in [9.17, 15) is 14.4 Å². The van der Waals surface area contributed by atoms with Gasteiger partial charge in [-0.3, -0.25) is 14.4 Å². The summed E-state index contributed by atoms with van der Waals surface area (Å²) in [5, 5.41) is 7.68. The Morgan fingerprint density at radius 2 is 1.43 bits per heavy atom. The number of fused-ring (bicyclic) bond motifs is 1. The number of benzene rings is 4. The number of carbonyl (C=O) groups is 3. The van der Waals surface area contributed by atoms with Crippen LogP contribution in [0, 0.1) is 0 Å². The van der Waals surface area contributed by atoms with E-state index in [1.807, 2.05) is 42.5 Å². The van der Waals surface area contributed by atoms with E-state index in [4.69, 9.17) is 46.4 Å². The molecule has 5 rings (SSSR count). The van der Waals surface area contributed by atoms with Crippen molar-refractivity contribution in [1.29, 1.82) is 0 Å². The normalized spacial score (nSPS) is 13.5. The van der Waals surface area contributed by atoms with Crippen molar-refractivity contribution in [2.75, 3.05) is 15.5 Å². The van der Waals surface area contributed by atoms with Gasteiger partial charge in [-0.2, -0.15) is 0 Å². The van der Waals surface area contributed by atoms with Gasteiger partial charge in [-0.05, 0) is 41.8 Å². The van der Waals surface area contributed by atoms with E-state index in [0.29, 0.717) is 16.9 Å². The number of nitrogens with one attached hydrogen (secondary N) is 2. The largest absolute Gasteiger partial charge is 0.350 e. The van der Waals surface area contributed by atoms with Crippen LogP contribution < -0.4 is 15.5 Å². The van der Waals surface area contributed by atoms with Crippen molar-refractivity contribution in [3.8, 4) is 0 Å². The third-order valence-corrected chi connectivity index (χ3v) is 7.07. The van der Waals surface area contributed by atoms with E-state index in [2.05, 4.69) is 10.6 Å². The fourth-order valence-corrected chi connectivity index (χ4v) is 4.76. The molecule has 1 aliphatic rings. The highest BCUT2D eigenvalue weighted by atomic mass is 35.5. The van der Waals surface area contributed by atoms with E-state index in [0.717, 1.165) is 15.7 Å². The lowest BCUT2D eigenvalue weighted by molar-refractivity contribution is -0.120. The van der Waals surface area contributed by atoms with Crippen molar-refractivity contribution in [3.05, 3.63) is 110 Å². The molecule has 0 saturated heterocycles. The second-order valence-electron chi connectivity index (χ2n) is 8.04. The van der Waals surface area contributed by atoms with Gasteiger partial charge in [-0.15, -0.1) is 0 Å². The van der Waals surface area contributed by atoms with Gasteiger partial charge in [0.1, 0.15) is 10.7 Å². The average molecular weight is 571 g/mol. The summed E-state index contributed by atoms with van der Waals surface area (Å²) in [5.74, 6) is -1.86. The minimum atomic E-state index is -0.778. The van der Waals surface area contributed by atoms with Crippen molar-refractivity contribution in [3.63, 3.8) is 0 Å². The number of amides is 3. The molecule has 0 unspecified atom stereocenters. The SMILES string of the molecule is O=C(Nc1cccc2ccccc12)c1cccc(NC2=C(Cl)C(=O)N(c3cc(Cl)c(Cl)cc3Cl)C2=O)c1. The minimum absolute atomic E-state index is 0.0456. The summed E-state index contributed by atoms with van der Waals surface area (Å²) >= 11 is 24.5. The molecule has 4 aromatic rings. The molecule has 1 aliphatic heterocycles. The number of imide groups is 1. The first-order chi connectivity index (χ1) is 17.7. The van der Waals surface area contributed by atoms with Crippen molar-refractivity contribution in [1.82, 2.24) is 0 Å². The van der Waals surface area contributed by atoms with E-state index < -0.39 is 11.8 Å². The summed E-state index contributed by atoms with van der Waals surface area (Å²) in [4.78, 5) is 39.8. The maximum Gasteiger partial charge on any atom is 0.283 e. The third-order valence-electron chi connectivity index (χ3n) is 5.69. The monoisotopic (exact) mass is 569 g/mol. The molecular formula is C27H15Cl4N3O3. The lowest BCUT2D eigenvalue weighted by Gasteiger charge is -2.17. The molecule has 2 N–H and O–H groups in total. The molecule has 0 atom stereocenters. The Bertz CT molecular complexity index is 1650. The van der Waals surface area contributed by atoms with Crippen LogP contribution in [0.5, 0.6) is 0 Å². The Kier molecular flexibility index (Phi) is 6.84. The van der Waals surface area contributed by atoms with Crippen LogP contribution in [-0.4, -0.2) is 17.7 Å². The zero-order chi connectivity index (χ0) is 26.3. The van der Waals surface area contributed by atoms with Crippen LogP contribution >= 0.6 is 46.4 Å². The standard InChI is InChI=1S/C27H15Cl4N3O3/c28-18-12-20(30)22(13-19(18)29)34-26(36)23(31)24(27(34)37)32-16-8-3-7-15(11-16)25(35)33-21-10-4-6-14-5-1-2-9-17(14)21/h1-13,32H,(H,33,35). The first-order valence-electron chi connectivity index (χ1n) is 10.8. The Labute approximate surface area is 231 Å². The predicted octanol–water partition coefficient (Wildman–Crippen LogP) is 7.49. The van der Waals surface area contributed by atoms with E-state index in [1.54, 1.807) is 24.3 Å². The number of hydrogen-bond donors (Lipinski definition) is 2. The number of carbonyl (C=O) groups excluding carboxylic acids is 3. The molecule has 4 aromatic carbocycles. The van der Waals surface area contributed by atoms with Crippen LogP contribution in [0.4, 0.5) is 17.1 Å². The molecule has 0 saturated carbocycles. The topological polar surface area (TPSA) is 78.5 Å². The molecule has 184 valence electrons. The third kappa shape index (κ3) is 4.77.